The van der Waals surface area contributed by atoms with Crippen molar-refractivity contribution in [2.24, 2.45) is 0 Å². The first kappa shape index (κ1) is 19.4. The van der Waals surface area contributed by atoms with Gasteiger partial charge in [-0.3, -0.25) is 5.10 Å². The fourth-order valence-electron chi connectivity index (χ4n) is 3.48. The lowest BCUT2D eigenvalue weighted by atomic mass is 9.83. The van der Waals surface area contributed by atoms with E-state index in [-0.39, 0.29) is 5.60 Å². The highest BCUT2D eigenvalue weighted by Gasteiger charge is 2.29. The summed E-state index contributed by atoms with van der Waals surface area (Å²) in [6.45, 7) is 9.63. The van der Waals surface area contributed by atoms with Gasteiger partial charge in [-0.2, -0.15) is 5.10 Å². The van der Waals surface area contributed by atoms with Crippen LogP contribution in [0.25, 0.3) is 0 Å². The fourth-order valence-corrected chi connectivity index (χ4v) is 3.48. The van der Waals surface area contributed by atoms with Gasteiger partial charge < -0.3 is 15.0 Å². The third-order valence-corrected chi connectivity index (χ3v) is 5.35. The number of H-pyrrole nitrogens is 1. The number of nitrogens with zero attached hydrogens (tertiary/aromatic N) is 2. The summed E-state index contributed by atoms with van der Waals surface area (Å²) in [6, 6.07) is 0. The number of hydrogen-bond donors (Lipinski definition) is 2. The smallest absolute Gasteiger partial charge is 0.0627 e. The number of aromatic amines is 1. The molecule has 0 aliphatic heterocycles. The standard InChI is InChI=1S/C19H36N4O/c1-6-19(2,3)24-17-9-7-15(8-10-17)18-16(13-21-22-18)14-23(5)12-11-20-4/h13,15,17,20H,6-12,14H2,1-5H3,(H,21,22). The van der Waals surface area contributed by atoms with E-state index in [2.05, 4.69) is 48.2 Å². The van der Waals surface area contributed by atoms with Gasteiger partial charge in [0.05, 0.1) is 17.9 Å². The Hall–Kier alpha value is -0.910. The van der Waals surface area contributed by atoms with Crippen molar-refractivity contribution in [3.8, 4) is 0 Å². The monoisotopic (exact) mass is 336 g/mol. The van der Waals surface area contributed by atoms with Gasteiger partial charge in [-0.25, -0.2) is 0 Å². The maximum atomic E-state index is 6.29. The molecule has 1 heterocycles. The quantitative estimate of drug-likeness (QED) is 0.726. The van der Waals surface area contributed by atoms with Gasteiger partial charge in [0.15, 0.2) is 0 Å². The molecule has 0 unspecified atom stereocenters. The average molecular weight is 337 g/mol. The zero-order valence-electron chi connectivity index (χ0n) is 16.2. The Balaban J connectivity index is 1.87. The van der Waals surface area contributed by atoms with Crippen LogP contribution in [-0.2, 0) is 11.3 Å². The summed E-state index contributed by atoms with van der Waals surface area (Å²) in [5.41, 5.74) is 2.71. The van der Waals surface area contributed by atoms with Crippen LogP contribution in [-0.4, -0.2) is 54.0 Å². The van der Waals surface area contributed by atoms with Crippen LogP contribution in [0.5, 0.6) is 0 Å². The van der Waals surface area contributed by atoms with E-state index in [1.807, 2.05) is 13.2 Å². The number of nitrogens with one attached hydrogen (secondary N) is 2. The molecule has 1 aliphatic carbocycles. The predicted molar refractivity (Wildman–Crippen MR) is 99.3 cm³/mol. The van der Waals surface area contributed by atoms with Crippen molar-refractivity contribution in [3.63, 3.8) is 0 Å². The van der Waals surface area contributed by atoms with Crippen LogP contribution in [0.15, 0.2) is 6.20 Å². The molecule has 1 fully saturated rings. The largest absolute Gasteiger partial charge is 0.372 e. The van der Waals surface area contributed by atoms with Crippen molar-refractivity contribution >= 4 is 0 Å². The Labute approximate surface area is 147 Å². The van der Waals surface area contributed by atoms with Gasteiger partial charge in [-0.15, -0.1) is 0 Å². The van der Waals surface area contributed by atoms with Gasteiger partial charge in [-0.05, 0) is 60.0 Å². The first-order valence-corrected chi connectivity index (χ1v) is 9.48. The highest BCUT2D eigenvalue weighted by atomic mass is 16.5. The third-order valence-electron chi connectivity index (χ3n) is 5.35. The molecular formula is C19H36N4O. The van der Waals surface area contributed by atoms with E-state index in [1.54, 1.807) is 0 Å². The van der Waals surface area contributed by atoms with E-state index in [0.29, 0.717) is 12.0 Å². The van der Waals surface area contributed by atoms with Crippen LogP contribution in [0.4, 0.5) is 0 Å². The molecule has 1 saturated carbocycles. The zero-order chi connectivity index (χ0) is 17.6. The van der Waals surface area contributed by atoms with Crippen LogP contribution in [0.3, 0.4) is 0 Å². The lowest BCUT2D eigenvalue weighted by molar-refractivity contribution is -0.0876. The molecular weight excluding hydrogens is 300 g/mol. The van der Waals surface area contributed by atoms with E-state index >= 15 is 0 Å². The Morgan fingerprint density at radius 3 is 2.67 bits per heavy atom. The molecule has 0 saturated heterocycles. The molecule has 24 heavy (non-hydrogen) atoms. The maximum Gasteiger partial charge on any atom is 0.0627 e. The summed E-state index contributed by atoms with van der Waals surface area (Å²) >= 11 is 0. The second-order valence-electron chi connectivity index (χ2n) is 7.85. The summed E-state index contributed by atoms with van der Waals surface area (Å²) in [5, 5.41) is 10.8. The van der Waals surface area contributed by atoms with Crippen LogP contribution in [0.2, 0.25) is 0 Å². The molecule has 5 nitrogen and oxygen atoms in total. The Morgan fingerprint density at radius 2 is 2.04 bits per heavy atom. The molecule has 2 rings (SSSR count). The number of ether oxygens (including phenoxy) is 1. The Bertz CT molecular complexity index is 477. The molecule has 1 aliphatic rings. The zero-order valence-corrected chi connectivity index (χ0v) is 16.2. The second-order valence-corrected chi connectivity index (χ2v) is 7.85. The highest BCUT2D eigenvalue weighted by Crippen LogP contribution is 2.36. The van der Waals surface area contributed by atoms with E-state index in [9.17, 15) is 0 Å². The minimum Gasteiger partial charge on any atom is -0.372 e. The summed E-state index contributed by atoms with van der Waals surface area (Å²) in [6.07, 6.45) is 8.19. The van der Waals surface area contributed by atoms with E-state index in [0.717, 1.165) is 38.9 Å². The molecule has 0 amide bonds. The molecule has 2 N–H and O–H groups in total. The molecule has 138 valence electrons. The summed E-state index contributed by atoms with van der Waals surface area (Å²) in [4.78, 5) is 2.35. The topological polar surface area (TPSA) is 53.2 Å². The first-order valence-electron chi connectivity index (χ1n) is 9.48. The minimum absolute atomic E-state index is 0.00662. The molecule has 5 heteroatoms. The fraction of sp³-hybridized carbons (Fsp3) is 0.842. The number of rotatable bonds is 9. The van der Waals surface area contributed by atoms with E-state index in [1.165, 1.54) is 24.1 Å². The molecule has 1 aromatic heterocycles. The van der Waals surface area contributed by atoms with Crippen LogP contribution < -0.4 is 5.32 Å². The number of aromatic nitrogens is 2. The first-order chi connectivity index (χ1) is 11.4. The maximum absolute atomic E-state index is 6.29. The van der Waals surface area contributed by atoms with Gasteiger partial charge in [0.2, 0.25) is 0 Å². The molecule has 0 spiro atoms. The normalized spacial score (nSPS) is 22.2. The average Bonchev–Trinajstić information content (AvgIpc) is 3.01. The van der Waals surface area contributed by atoms with Gasteiger partial charge >= 0.3 is 0 Å². The number of likely N-dealkylation sites (N-methyl/N-ethyl adjacent to an activating group) is 2. The van der Waals surface area contributed by atoms with Crippen molar-refractivity contribution in [1.29, 1.82) is 0 Å². The van der Waals surface area contributed by atoms with Crippen molar-refractivity contribution in [1.82, 2.24) is 20.4 Å². The van der Waals surface area contributed by atoms with Gasteiger partial charge in [0, 0.05) is 36.8 Å². The molecule has 0 bridgehead atoms. The van der Waals surface area contributed by atoms with Gasteiger partial charge in [0.1, 0.15) is 0 Å². The van der Waals surface area contributed by atoms with Crippen LogP contribution in [0, 0.1) is 0 Å². The molecule has 1 aromatic rings. The molecule has 0 radical (unpaired) electrons. The lowest BCUT2D eigenvalue weighted by Crippen LogP contribution is -2.32. The van der Waals surface area contributed by atoms with Crippen LogP contribution in [0.1, 0.15) is 70.1 Å². The van der Waals surface area contributed by atoms with Crippen molar-refractivity contribution in [3.05, 3.63) is 17.5 Å². The SMILES string of the molecule is CCC(C)(C)OC1CCC(c2[nH]ncc2CN(C)CCNC)CC1. The van der Waals surface area contributed by atoms with Crippen molar-refractivity contribution in [2.45, 2.75) is 77.0 Å². The van der Waals surface area contributed by atoms with Crippen molar-refractivity contribution < 1.29 is 4.74 Å². The third kappa shape index (κ3) is 5.57. The van der Waals surface area contributed by atoms with E-state index in [4.69, 9.17) is 4.74 Å². The van der Waals surface area contributed by atoms with Gasteiger partial charge in [0.25, 0.3) is 0 Å². The van der Waals surface area contributed by atoms with E-state index < -0.39 is 0 Å². The predicted octanol–water partition coefficient (Wildman–Crippen LogP) is 3.29. The molecule has 0 atom stereocenters. The second kappa shape index (κ2) is 8.97. The summed E-state index contributed by atoms with van der Waals surface area (Å²) < 4.78 is 6.29. The number of hydrogen-bond acceptors (Lipinski definition) is 4. The summed E-state index contributed by atoms with van der Waals surface area (Å²) in [7, 11) is 4.17. The molecule has 0 aromatic carbocycles. The van der Waals surface area contributed by atoms with Gasteiger partial charge in [-0.1, -0.05) is 6.92 Å². The summed E-state index contributed by atoms with van der Waals surface area (Å²) in [5.74, 6) is 0.602. The lowest BCUT2D eigenvalue weighted by Gasteiger charge is -2.35. The minimum atomic E-state index is 0.00662. The Kier molecular flexibility index (Phi) is 7.26. The Morgan fingerprint density at radius 1 is 1.33 bits per heavy atom. The van der Waals surface area contributed by atoms with Crippen molar-refractivity contribution in [2.75, 3.05) is 27.2 Å². The van der Waals surface area contributed by atoms with Crippen LogP contribution >= 0.6 is 0 Å². The highest BCUT2D eigenvalue weighted by molar-refractivity contribution is 5.21.